The van der Waals surface area contributed by atoms with E-state index in [9.17, 15) is 4.79 Å². The van der Waals surface area contributed by atoms with Crippen molar-refractivity contribution < 1.29 is 4.79 Å². The molecule has 0 saturated heterocycles. The zero-order valence-electron chi connectivity index (χ0n) is 12.3. The molecule has 2 aromatic rings. The van der Waals surface area contributed by atoms with Crippen LogP contribution in [-0.4, -0.2) is 28.4 Å². The van der Waals surface area contributed by atoms with Gasteiger partial charge in [-0.3, -0.25) is 4.79 Å². The van der Waals surface area contributed by atoms with E-state index in [0.29, 0.717) is 12.1 Å². The summed E-state index contributed by atoms with van der Waals surface area (Å²) < 4.78 is 0.145. The van der Waals surface area contributed by atoms with E-state index in [1.165, 1.54) is 0 Å². The van der Waals surface area contributed by atoms with Crippen LogP contribution >= 0.6 is 11.8 Å². The lowest BCUT2D eigenvalue weighted by molar-refractivity contribution is 0.0949. The molecule has 0 aliphatic carbocycles. The number of thioether (sulfide) groups is 1. The molecular weight excluding hydrogens is 268 g/mol. The number of hydrogen-bond donors (Lipinski definition) is 2. The first-order chi connectivity index (χ1) is 9.64. The van der Waals surface area contributed by atoms with E-state index in [-0.39, 0.29) is 10.7 Å². The maximum Gasteiger partial charge on any atom is 0.251 e. The monoisotopic (exact) mass is 290 g/mol. The van der Waals surface area contributed by atoms with Crippen LogP contribution in [0.5, 0.6) is 0 Å². The van der Waals surface area contributed by atoms with Gasteiger partial charge in [-0.05, 0) is 42.7 Å². The summed E-state index contributed by atoms with van der Waals surface area (Å²) in [4.78, 5) is 15.4. The van der Waals surface area contributed by atoms with Gasteiger partial charge >= 0.3 is 0 Å². The Kier molecular flexibility index (Phi) is 4.76. The Bertz CT molecular complexity index is 579. The van der Waals surface area contributed by atoms with Crippen LogP contribution in [0.15, 0.2) is 30.5 Å². The first kappa shape index (κ1) is 15.0. The van der Waals surface area contributed by atoms with E-state index in [0.717, 1.165) is 23.7 Å². The lowest BCUT2D eigenvalue weighted by atomic mass is 10.0. The molecule has 0 bridgehead atoms. The summed E-state index contributed by atoms with van der Waals surface area (Å²) in [7, 11) is 0. The van der Waals surface area contributed by atoms with Gasteiger partial charge in [-0.15, -0.1) is 0 Å². The molecule has 0 spiro atoms. The first-order valence-electron chi connectivity index (χ1n) is 7.04. The fourth-order valence-electron chi connectivity index (χ4n) is 2.39. The van der Waals surface area contributed by atoms with Crippen LogP contribution < -0.4 is 5.32 Å². The molecular formula is C16H22N2OS. The van der Waals surface area contributed by atoms with Crippen molar-refractivity contribution in [1.82, 2.24) is 10.3 Å². The largest absolute Gasteiger partial charge is 0.361 e. The summed E-state index contributed by atoms with van der Waals surface area (Å²) in [6, 6.07) is 7.76. The highest BCUT2D eigenvalue weighted by molar-refractivity contribution is 8.00. The zero-order chi connectivity index (χ0) is 14.6. The smallest absolute Gasteiger partial charge is 0.251 e. The molecule has 20 heavy (non-hydrogen) atoms. The predicted molar refractivity (Wildman–Crippen MR) is 87.5 cm³/mol. The van der Waals surface area contributed by atoms with E-state index in [1.807, 2.05) is 42.2 Å². The van der Waals surface area contributed by atoms with Crippen LogP contribution in [0.1, 0.15) is 37.0 Å². The molecule has 1 amide bonds. The molecule has 2 rings (SSSR count). The van der Waals surface area contributed by atoms with Gasteiger partial charge in [-0.25, -0.2) is 0 Å². The lowest BCUT2D eigenvalue weighted by Gasteiger charge is -2.29. The van der Waals surface area contributed by atoms with E-state index >= 15 is 0 Å². The molecule has 1 aromatic heterocycles. The van der Waals surface area contributed by atoms with Gasteiger partial charge in [-0.2, -0.15) is 11.8 Å². The van der Waals surface area contributed by atoms with Crippen molar-refractivity contribution in [3.05, 3.63) is 36.0 Å². The molecule has 0 radical (unpaired) electrons. The summed E-state index contributed by atoms with van der Waals surface area (Å²) in [6.45, 7) is 5.07. The number of rotatable bonds is 6. The average Bonchev–Trinajstić information content (AvgIpc) is 2.96. The molecule has 0 unspecified atom stereocenters. The summed E-state index contributed by atoms with van der Waals surface area (Å²) in [5, 5.41) is 4.20. The Hall–Kier alpha value is -1.42. The van der Waals surface area contributed by atoms with Crippen molar-refractivity contribution in [2.45, 2.75) is 31.4 Å². The highest BCUT2D eigenvalue weighted by atomic mass is 32.2. The van der Waals surface area contributed by atoms with Gasteiger partial charge in [0.05, 0.1) is 0 Å². The fourth-order valence-corrected chi connectivity index (χ4v) is 3.19. The van der Waals surface area contributed by atoms with E-state index < -0.39 is 0 Å². The molecule has 0 aliphatic rings. The number of amides is 1. The number of carbonyl (C=O) groups is 1. The van der Waals surface area contributed by atoms with Crippen LogP contribution in [0.3, 0.4) is 0 Å². The highest BCUT2D eigenvalue weighted by Crippen LogP contribution is 2.29. The quantitative estimate of drug-likeness (QED) is 0.849. The highest BCUT2D eigenvalue weighted by Gasteiger charge is 2.25. The summed E-state index contributed by atoms with van der Waals surface area (Å²) >= 11 is 1.84. The Morgan fingerprint density at radius 1 is 1.30 bits per heavy atom. The van der Waals surface area contributed by atoms with Crippen molar-refractivity contribution in [2.75, 3.05) is 12.8 Å². The Balaban J connectivity index is 2.07. The molecule has 1 heterocycles. The summed E-state index contributed by atoms with van der Waals surface area (Å²) in [5.41, 5.74) is 1.71. The lowest BCUT2D eigenvalue weighted by Crippen LogP contribution is -2.39. The van der Waals surface area contributed by atoms with Crippen molar-refractivity contribution in [2.24, 2.45) is 0 Å². The van der Waals surface area contributed by atoms with Gasteiger partial charge < -0.3 is 10.3 Å². The molecule has 0 aliphatic heterocycles. The second kappa shape index (κ2) is 6.35. The third-order valence-electron chi connectivity index (χ3n) is 4.11. The molecule has 4 heteroatoms. The summed E-state index contributed by atoms with van der Waals surface area (Å²) in [5.74, 6) is 0.00169. The maximum absolute atomic E-state index is 12.3. The number of benzene rings is 1. The molecule has 3 nitrogen and oxygen atoms in total. The minimum absolute atomic E-state index is 0.00169. The molecule has 1 aromatic carbocycles. The van der Waals surface area contributed by atoms with Crippen LogP contribution in [0.2, 0.25) is 0 Å². The predicted octanol–water partition coefficient (Wildman–Crippen LogP) is 3.82. The van der Waals surface area contributed by atoms with Gasteiger partial charge in [0.25, 0.3) is 5.91 Å². The number of aromatic amines is 1. The fraction of sp³-hybridized carbons (Fsp3) is 0.438. The van der Waals surface area contributed by atoms with Gasteiger partial charge in [-0.1, -0.05) is 19.9 Å². The minimum atomic E-state index is 0.00169. The van der Waals surface area contributed by atoms with E-state index in [4.69, 9.17) is 0 Å². The van der Waals surface area contributed by atoms with Gasteiger partial charge in [0.2, 0.25) is 0 Å². The Morgan fingerprint density at radius 2 is 2.05 bits per heavy atom. The van der Waals surface area contributed by atoms with Crippen LogP contribution in [-0.2, 0) is 0 Å². The normalized spacial score (nSPS) is 11.8. The Morgan fingerprint density at radius 3 is 2.70 bits per heavy atom. The number of H-pyrrole nitrogens is 1. The molecule has 2 N–H and O–H groups in total. The number of nitrogens with one attached hydrogen (secondary N) is 2. The number of fused-ring (bicyclic) bond motifs is 1. The van der Waals surface area contributed by atoms with Crippen molar-refractivity contribution in [3.8, 4) is 0 Å². The average molecular weight is 290 g/mol. The zero-order valence-corrected chi connectivity index (χ0v) is 13.1. The van der Waals surface area contributed by atoms with Crippen LogP contribution in [0, 0.1) is 0 Å². The SMILES string of the molecule is CCC(CC)(CNC(=O)c1ccc2cc[nH]c2c1)SC. The van der Waals surface area contributed by atoms with Gasteiger partial charge in [0.15, 0.2) is 0 Å². The van der Waals surface area contributed by atoms with Gasteiger partial charge in [0, 0.05) is 28.6 Å². The standard InChI is InChI=1S/C16H22N2OS/c1-4-16(5-2,20-3)11-18-15(19)13-7-6-12-8-9-17-14(12)10-13/h6-10,17H,4-5,11H2,1-3H3,(H,18,19). The maximum atomic E-state index is 12.3. The van der Waals surface area contributed by atoms with E-state index in [2.05, 4.69) is 30.4 Å². The minimum Gasteiger partial charge on any atom is -0.361 e. The molecule has 0 saturated carbocycles. The van der Waals surface area contributed by atoms with Crippen molar-refractivity contribution in [3.63, 3.8) is 0 Å². The van der Waals surface area contributed by atoms with E-state index in [1.54, 1.807) is 0 Å². The second-order valence-corrected chi connectivity index (χ2v) is 6.33. The summed E-state index contributed by atoms with van der Waals surface area (Å²) in [6.07, 6.45) is 6.12. The van der Waals surface area contributed by atoms with Crippen molar-refractivity contribution >= 4 is 28.6 Å². The topological polar surface area (TPSA) is 44.9 Å². The number of carbonyl (C=O) groups excluding carboxylic acids is 1. The number of hydrogen-bond acceptors (Lipinski definition) is 2. The third kappa shape index (κ3) is 3.01. The first-order valence-corrected chi connectivity index (χ1v) is 8.27. The second-order valence-electron chi connectivity index (χ2n) is 5.06. The Labute approximate surface area is 124 Å². The molecule has 0 atom stereocenters. The van der Waals surface area contributed by atoms with Crippen LogP contribution in [0.25, 0.3) is 10.9 Å². The third-order valence-corrected chi connectivity index (χ3v) is 5.70. The van der Waals surface area contributed by atoms with Crippen LogP contribution in [0.4, 0.5) is 0 Å². The molecule has 108 valence electrons. The molecule has 0 fully saturated rings. The van der Waals surface area contributed by atoms with Crippen molar-refractivity contribution in [1.29, 1.82) is 0 Å². The van der Waals surface area contributed by atoms with Gasteiger partial charge in [0.1, 0.15) is 0 Å². The number of aromatic nitrogens is 1.